The zero-order valence-corrected chi connectivity index (χ0v) is 13.0. The minimum atomic E-state index is 0.0998. The van der Waals surface area contributed by atoms with E-state index in [9.17, 15) is 4.79 Å². The van der Waals surface area contributed by atoms with E-state index in [1.54, 1.807) is 0 Å². The first kappa shape index (κ1) is 16.0. The van der Waals surface area contributed by atoms with Gasteiger partial charge in [0.15, 0.2) is 0 Å². The smallest absolute Gasteiger partial charge is 0.224 e. The molecule has 0 radical (unpaired) electrons. The van der Waals surface area contributed by atoms with Crippen LogP contribution in [-0.4, -0.2) is 29.9 Å². The summed E-state index contributed by atoms with van der Waals surface area (Å²) in [6.07, 6.45) is 5.38. The van der Waals surface area contributed by atoms with Gasteiger partial charge in [-0.1, -0.05) is 19.1 Å². The summed E-state index contributed by atoms with van der Waals surface area (Å²) >= 11 is 0. The standard InChI is InChI=1S/C17H27N3O/c1-2-11-20(16-9-10-16)12-3-4-17(21)19-15-7-5-14(13-18)6-8-15/h5-8,16H,2-4,9-13,18H2,1H3,(H,19,21). The lowest BCUT2D eigenvalue weighted by atomic mass is 10.2. The predicted molar refractivity (Wildman–Crippen MR) is 87.1 cm³/mol. The van der Waals surface area contributed by atoms with Crippen LogP contribution in [0.2, 0.25) is 0 Å². The fourth-order valence-electron chi connectivity index (χ4n) is 2.59. The van der Waals surface area contributed by atoms with E-state index in [4.69, 9.17) is 5.73 Å². The van der Waals surface area contributed by atoms with E-state index in [1.165, 1.54) is 19.3 Å². The maximum Gasteiger partial charge on any atom is 0.224 e. The molecule has 1 aromatic carbocycles. The summed E-state index contributed by atoms with van der Waals surface area (Å²) in [4.78, 5) is 14.5. The number of nitrogens with one attached hydrogen (secondary N) is 1. The predicted octanol–water partition coefficient (Wildman–Crippen LogP) is 2.74. The second-order valence-corrected chi connectivity index (χ2v) is 5.82. The average molecular weight is 289 g/mol. The lowest BCUT2D eigenvalue weighted by Gasteiger charge is -2.20. The number of benzene rings is 1. The summed E-state index contributed by atoms with van der Waals surface area (Å²) in [6, 6.07) is 8.51. The maximum atomic E-state index is 11.9. The summed E-state index contributed by atoms with van der Waals surface area (Å²) in [5.41, 5.74) is 7.49. The first-order chi connectivity index (χ1) is 10.2. The van der Waals surface area contributed by atoms with E-state index in [1.807, 2.05) is 24.3 Å². The summed E-state index contributed by atoms with van der Waals surface area (Å²) in [6.45, 7) is 4.95. The van der Waals surface area contributed by atoms with E-state index in [0.717, 1.165) is 36.8 Å². The van der Waals surface area contributed by atoms with Gasteiger partial charge in [0.05, 0.1) is 0 Å². The van der Waals surface area contributed by atoms with Crippen molar-refractivity contribution in [1.29, 1.82) is 0 Å². The van der Waals surface area contributed by atoms with E-state index in [-0.39, 0.29) is 5.91 Å². The quantitative estimate of drug-likeness (QED) is 0.735. The molecule has 1 aliphatic rings. The normalized spacial score (nSPS) is 14.4. The molecule has 2 rings (SSSR count). The molecule has 4 heteroatoms. The van der Waals surface area contributed by atoms with E-state index in [0.29, 0.717) is 13.0 Å². The molecule has 1 amide bonds. The molecule has 21 heavy (non-hydrogen) atoms. The number of nitrogens with two attached hydrogens (primary N) is 1. The van der Waals surface area contributed by atoms with Gasteiger partial charge in [-0.05, 0) is 56.5 Å². The van der Waals surface area contributed by atoms with Crippen molar-refractivity contribution in [1.82, 2.24) is 4.90 Å². The van der Waals surface area contributed by atoms with E-state index in [2.05, 4.69) is 17.1 Å². The molecule has 4 nitrogen and oxygen atoms in total. The second kappa shape index (κ2) is 8.15. The minimum Gasteiger partial charge on any atom is -0.326 e. The van der Waals surface area contributed by atoms with Crippen molar-refractivity contribution < 1.29 is 4.79 Å². The number of amides is 1. The van der Waals surface area contributed by atoms with Crippen molar-refractivity contribution in [2.24, 2.45) is 5.73 Å². The molecule has 0 saturated heterocycles. The molecule has 116 valence electrons. The molecule has 0 bridgehead atoms. The minimum absolute atomic E-state index is 0.0998. The summed E-state index contributed by atoms with van der Waals surface area (Å²) < 4.78 is 0. The van der Waals surface area contributed by atoms with Gasteiger partial charge in [-0.25, -0.2) is 0 Å². The van der Waals surface area contributed by atoms with Crippen LogP contribution >= 0.6 is 0 Å². The summed E-state index contributed by atoms with van der Waals surface area (Å²) in [5, 5.41) is 2.95. The van der Waals surface area contributed by atoms with Crippen molar-refractivity contribution in [3.63, 3.8) is 0 Å². The van der Waals surface area contributed by atoms with E-state index >= 15 is 0 Å². The van der Waals surface area contributed by atoms with Crippen LogP contribution in [0.1, 0.15) is 44.6 Å². The molecule has 1 saturated carbocycles. The molecular formula is C17H27N3O. The molecule has 0 atom stereocenters. The van der Waals surface area contributed by atoms with Crippen LogP contribution in [0.4, 0.5) is 5.69 Å². The molecule has 1 fully saturated rings. The first-order valence-corrected chi connectivity index (χ1v) is 8.06. The third-order valence-corrected chi connectivity index (χ3v) is 3.90. The highest BCUT2D eigenvalue weighted by atomic mass is 16.1. The monoisotopic (exact) mass is 289 g/mol. The zero-order valence-electron chi connectivity index (χ0n) is 13.0. The third kappa shape index (κ3) is 5.48. The number of anilines is 1. The van der Waals surface area contributed by atoms with Crippen molar-refractivity contribution in [2.45, 2.75) is 51.6 Å². The van der Waals surface area contributed by atoms with Crippen molar-refractivity contribution in [2.75, 3.05) is 18.4 Å². The van der Waals surface area contributed by atoms with Crippen LogP contribution < -0.4 is 11.1 Å². The van der Waals surface area contributed by atoms with Gasteiger partial charge in [0.1, 0.15) is 0 Å². The van der Waals surface area contributed by atoms with Crippen molar-refractivity contribution >= 4 is 11.6 Å². The molecule has 3 N–H and O–H groups in total. The Morgan fingerprint density at radius 1 is 1.29 bits per heavy atom. The molecule has 0 spiro atoms. The summed E-state index contributed by atoms with van der Waals surface area (Å²) in [7, 11) is 0. The Labute approximate surface area is 127 Å². The fourth-order valence-corrected chi connectivity index (χ4v) is 2.59. The highest BCUT2D eigenvalue weighted by molar-refractivity contribution is 5.90. The Morgan fingerprint density at radius 2 is 2.00 bits per heavy atom. The molecule has 0 aliphatic heterocycles. The van der Waals surface area contributed by atoms with Gasteiger partial charge >= 0.3 is 0 Å². The van der Waals surface area contributed by atoms with Crippen LogP contribution in [0.3, 0.4) is 0 Å². The summed E-state index contributed by atoms with van der Waals surface area (Å²) in [5.74, 6) is 0.0998. The largest absolute Gasteiger partial charge is 0.326 e. The lowest BCUT2D eigenvalue weighted by Crippen LogP contribution is -2.28. The molecule has 1 aliphatic carbocycles. The SMILES string of the molecule is CCCN(CCCC(=O)Nc1ccc(CN)cc1)C1CC1. The van der Waals surface area contributed by atoms with Crippen LogP contribution in [-0.2, 0) is 11.3 Å². The van der Waals surface area contributed by atoms with Gasteiger partial charge in [0.25, 0.3) is 0 Å². The van der Waals surface area contributed by atoms with Gasteiger partial charge in [0, 0.05) is 24.7 Å². The Hall–Kier alpha value is -1.39. The van der Waals surface area contributed by atoms with Gasteiger partial charge < -0.3 is 16.0 Å². The van der Waals surface area contributed by atoms with Crippen LogP contribution in [0.15, 0.2) is 24.3 Å². The number of hydrogen-bond acceptors (Lipinski definition) is 3. The van der Waals surface area contributed by atoms with Crippen molar-refractivity contribution in [3.8, 4) is 0 Å². The third-order valence-electron chi connectivity index (χ3n) is 3.90. The van der Waals surface area contributed by atoms with Crippen molar-refractivity contribution in [3.05, 3.63) is 29.8 Å². The molecular weight excluding hydrogens is 262 g/mol. The zero-order chi connectivity index (χ0) is 15.1. The topological polar surface area (TPSA) is 58.4 Å². The average Bonchev–Trinajstić information content (AvgIpc) is 3.32. The highest BCUT2D eigenvalue weighted by Crippen LogP contribution is 2.27. The molecule has 1 aromatic rings. The Balaban J connectivity index is 1.68. The molecule has 0 heterocycles. The first-order valence-electron chi connectivity index (χ1n) is 8.06. The number of carbonyl (C=O) groups excluding carboxylic acids is 1. The maximum absolute atomic E-state index is 11.9. The van der Waals surface area contributed by atoms with Crippen LogP contribution in [0.5, 0.6) is 0 Å². The number of carbonyl (C=O) groups is 1. The van der Waals surface area contributed by atoms with Gasteiger partial charge in [-0.3, -0.25) is 4.79 Å². The fraction of sp³-hybridized carbons (Fsp3) is 0.588. The Morgan fingerprint density at radius 3 is 2.57 bits per heavy atom. The van der Waals surface area contributed by atoms with E-state index < -0.39 is 0 Å². The highest BCUT2D eigenvalue weighted by Gasteiger charge is 2.27. The van der Waals surface area contributed by atoms with Gasteiger partial charge in [-0.2, -0.15) is 0 Å². The Kier molecular flexibility index (Phi) is 6.21. The number of hydrogen-bond donors (Lipinski definition) is 2. The number of nitrogens with zero attached hydrogens (tertiary/aromatic N) is 1. The number of rotatable bonds is 9. The molecule has 0 aromatic heterocycles. The second-order valence-electron chi connectivity index (χ2n) is 5.82. The molecule has 0 unspecified atom stereocenters. The lowest BCUT2D eigenvalue weighted by molar-refractivity contribution is -0.116. The van der Waals surface area contributed by atoms with Gasteiger partial charge in [-0.15, -0.1) is 0 Å². The van der Waals surface area contributed by atoms with Crippen LogP contribution in [0, 0.1) is 0 Å². The van der Waals surface area contributed by atoms with Gasteiger partial charge in [0.2, 0.25) is 5.91 Å². The van der Waals surface area contributed by atoms with Crippen LogP contribution in [0.25, 0.3) is 0 Å². The Bertz CT molecular complexity index is 440.